The standard InChI is InChI=1S/C56H70N12O2/c1-3-5-16-48-64-51-53(66(48)35-39-23-19-37(33-57)20-24-39)43-31-41(27-29-45(43)62-55(51)60)68(50(70)18-14-12-10-8-7-9-11-13-15-47(59)69)42-28-30-46-44(32-42)54-52(56(61)63-46)65-49(17-6-4-2)67(54)36-40-25-21-38(34-58)22-26-40/h19-32H,3-18,33-36,57-58H2,1-2H3,(H2,59,69)(H2,60,62)(H2,61,63). The molecule has 10 N–H and O–H groups in total. The molecule has 4 aromatic heterocycles. The highest BCUT2D eigenvalue weighted by molar-refractivity contribution is 6.12. The quantitative estimate of drug-likeness (QED) is 0.0340. The zero-order valence-corrected chi connectivity index (χ0v) is 41.1. The van der Waals surface area contributed by atoms with Crippen LogP contribution in [-0.2, 0) is 48.6 Å². The molecule has 0 spiro atoms. The minimum Gasteiger partial charge on any atom is -0.382 e. The first-order valence-corrected chi connectivity index (χ1v) is 25.4. The van der Waals surface area contributed by atoms with E-state index in [2.05, 4.69) is 83.6 Å². The molecule has 4 heterocycles. The smallest absolute Gasteiger partial charge is 0.231 e. The number of amides is 2. The van der Waals surface area contributed by atoms with Gasteiger partial charge in [-0.15, -0.1) is 0 Å². The van der Waals surface area contributed by atoms with E-state index >= 15 is 4.79 Å². The van der Waals surface area contributed by atoms with Gasteiger partial charge in [0.05, 0.1) is 22.1 Å². The van der Waals surface area contributed by atoms with E-state index in [0.717, 1.165) is 157 Å². The Kier molecular flexibility index (Phi) is 16.4. The van der Waals surface area contributed by atoms with Crippen molar-refractivity contribution in [1.82, 2.24) is 29.1 Å². The van der Waals surface area contributed by atoms with Crippen LogP contribution in [0.25, 0.3) is 43.9 Å². The zero-order chi connectivity index (χ0) is 49.1. The van der Waals surface area contributed by atoms with E-state index in [0.29, 0.717) is 73.1 Å². The van der Waals surface area contributed by atoms with E-state index in [-0.39, 0.29) is 11.8 Å². The van der Waals surface area contributed by atoms with Gasteiger partial charge in [-0.25, -0.2) is 19.9 Å². The SMILES string of the molecule is CCCCc1nc2c(N)nc3ccc(N(C(=O)CCCCCCCCCCC(N)=O)c4ccc5nc(N)c6nc(CCCC)n(Cc7ccc(CN)cc7)c6c5c4)cc3c2n1Cc1ccc(CN)cc1. The second-order valence-corrected chi connectivity index (χ2v) is 18.8. The Morgan fingerprint density at radius 2 is 0.914 bits per heavy atom. The third kappa shape index (κ3) is 11.2. The molecule has 0 aliphatic carbocycles. The number of imidazole rings is 2. The van der Waals surface area contributed by atoms with Crippen molar-refractivity contribution in [2.24, 2.45) is 17.2 Å². The van der Waals surface area contributed by atoms with Crippen molar-refractivity contribution in [3.63, 3.8) is 0 Å². The van der Waals surface area contributed by atoms with Crippen LogP contribution in [0.3, 0.4) is 0 Å². The van der Waals surface area contributed by atoms with Crippen LogP contribution in [0.15, 0.2) is 84.9 Å². The molecule has 0 aliphatic rings. The Labute approximate surface area is 411 Å². The summed E-state index contributed by atoms with van der Waals surface area (Å²) in [7, 11) is 0. The molecule has 0 unspecified atom stereocenters. The van der Waals surface area contributed by atoms with Crippen molar-refractivity contribution in [3.05, 3.63) is 119 Å². The normalized spacial score (nSPS) is 11.7. The van der Waals surface area contributed by atoms with Crippen LogP contribution >= 0.6 is 0 Å². The molecule has 0 aliphatic heterocycles. The number of carbonyl (C=O) groups is 2. The number of unbranched alkanes of at least 4 members (excludes halogenated alkanes) is 9. The Bertz CT molecular complexity index is 2900. The molecule has 366 valence electrons. The maximum atomic E-state index is 15.0. The molecule has 0 atom stereocenters. The summed E-state index contributed by atoms with van der Waals surface area (Å²) < 4.78 is 4.56. The van der Waals surface area contributed by atoms with Crippen LogP contribution in [0.2, 0.25) is 0 Å². The van der Waals surface area contributed by atoms with Crippen LogP contribution < -0.4 is 33.6 Å². The number of nitrogen functional groups attached to an aromatic ring is 2. The number of nitrogens with two attached hydrogens (primary N) is 5. The second-order valence-electron chi connectivity index (χ2n) is 18.8. The molecular formula is C56H70N12O2. The minimum absolute atomic E-state index is 0.0151. The molecule has 70 heavy (non-hydrogen) atoms. The predicted octanol–water partition coefficient (Wildman–Crippen LogP) is 10.4. The largest absolute Gasteiger partial charge is 0.382 e. The molecule has 0 saturated carbocycles. The number of fused-ring (bicyclic) bond motifs is 6. The number of aryl methyl sites for hydroxylation is 2. The fourth-order valence-corrected chi connectivity index (χ4v) is 9.67. The van der Waals surface area contributed by atoms with E-state index < -0.39 is 0 Å². The lowest BCUT2D eigenvalue weighted by Gasteiger charge is -2.24. The fourth-order valence-electron chi connectivity index (χ4n) is 9.67. The van der Waals surface area contributed by atoms with Crippen LogP contribution in [-0.4, -0.2) is 40.9 Å². The van der Waals surface area contributed by atoms with E-state index in [1.807, 2.05) is 29.2 Å². The number of aromatic nitrogens is 6. The van der Waals surface area contributed by atoms with E-state index in [1.165, 1.54) is 0 Å². The maximum absolute atomic E-state index is 15.0. The van der Waals surface area contributed by atoms with Crippen molar-refractivity contribution >= 4 is 78.7 Å². The van der Waals surface area contributed by atoms with Crippen molar-refractivity contribution in [2.75, 3.05) is 16.4 Å². The lowest BCUT2D eigenvalue weighted by atomic mass is 10.1. The van der Waals surface area contributed by atoms with E-state index in [9.17, 15) is 4.79 Å². The molecule has 4 aromatic carbocycles. The summed E-state index contributed by atoms with van der Waals surface area (Å²) in [5.41, 5.74) is 41.1. The lowest BCUT2D eigenvalue weighted by Crippen LogP contribution is -2.25. The number of pyridine rings is 2. The Balaban J connectivity index is 1.23. The Morgan fingerprint density at radius 1 is 0.514 bits per heavy atom. The highest BCUT2D eigenvalue weighted by Crippen LogP contribution is 2.38. The third-order valence-corrected chi connectivity index (χ3v) is 13.6. The topological polar surface area (TPSA) is 229 Å². The maximum Gasteiger partial charge on any atom is 0.231 e. The van der Waals surface area contributed by atoms with Gasteiger partial charge in [-0.05, 0) is 84.3 Å². The van der Waals surface area contributed by atoms with Gasteiger partial charge in [0, 0.05) is 74.0 Å². The van der Waals surface area contributed by atoms with Crippen LogP contribution in [0, 0.1) is 0 Å². The summed E-state index contributed by atoms with van der Waals surface area (Å²) in [4.78, 5) is 48.1. The average molecular weight is 943 g/mol. The molecular weight excluding hydrogens is 873 g/mol. The summed E-state index contributed by atoms with van der Waals surface area (Å²) in [6.45, 7) is 6.48. The van der Waals surface area contributed by atoms with Gasteiger partial charge >= 0.3 is 0 Å². The van der Waals surface area contributed by atoms with Gasteiger partial charge in [0.2, 0.25) is 11.8 Å². The number of nitrogens with zero attached hydrogens (tertiary/aromatic N) is 7. The number of hydrogen-bond donors (Lipinski definition) is 5. The van der Waals surface area contributed by atoms with Gasteiger partial charge < -0.3 is 37.8 Å². The van der Waals surface area contributed by atoms with Crippen LogP contribution in [0.1, 0.15) is 138 Å². The van der Waals surface area contributed by atoms with Gasteiger partial charge in [-0.2, -0.15) is 0 Å². The van der Waals surface area contributed by atoms with Gasteiger partial charge in [0.25, 0.3) is 0 Å². The molecule has 0 fully saturated rings. The molecule has 0 bridgehead atoms. The van der Waals surface area contributed by atoms with E-state index in [1.54, 1.807) is 0 Å². The first-order valence-electron chi connectivity index (χ1n) is 25.4. The molecule has 8 aromatic rings. The predicted molar refractivity (Wildman–Crippen MR) is 285 cm³/mol. The Morgan fingerprint density at radius 3 is 1.31 bits per heavy atom. The number of hydrogen-bond acceptors (Lipinski definition) is 10. The van der Waals surface area contributed by atoms with E-state index in [4.69, 9.17) is 48.6 Å². The lowest BCUT2D eigenvalue weighted by molar-refractivity contribution is -0.118. The summed E-state index contributed by atoms with van der Waals surface area (Å²) >= 11 is 0. The molecule has 8 rings (SSSR count). The molecule has 14 nitrogen and oxygen atoms in total. The van der Waals surface area contributed by atoms with Crippen molar-refractivity contribution in [2.45, 2.75) is 143 Å². The van der Waals surface area contributed by atoms with Crippen LogP contribution in [0.4, 0.5) is 23.0 Å². The number of rotatable bonds is 25. The Hall–Kier alpha value is -6.90. The summed E-state index contributed by atoms with van der Waals surface area (Å²) in [6.07, 6.45) is 14.2. The highest BCUT2D eigenvalue weighted by atomic mass is 16.2. The number of primary amides is 1. The van der Waals surface area contributed by atoms with Crippen molar-refractivity contribution in [1.29, 1.82) is 0 Å². The zero-order valence-electron chi connectivity index (χ0n) is 41.1. The van der Waals surface area contributed by atoms with Crippen LogP contribution in [0.5, 0.6) is 0 Å². The molecule has 2 amide bonds. The third-order valence-electron chi connectivity index (χ3n) is 13.6. The summed E-state index contributed by atoms with van der Waals surface area (Å²) in [5, 5.41) is 1.72. The van der Waals surface area contributed by atoms with Gasteiger partial charge in [-0.3, -0.25) is 14.5 Å². The first kappa shape index (κ1) is 49.5. The fraction of sp³-hybridized carbons (Fsp3) is 0.393. The number of anilines is 4. The summed E-state index contributed by atoms with van der Waals surface area (Å²) in [5.74, 6) is 2.38. The minimum atomic E-state index is -0.239. The van der Waals surface area contributed by atoms with Gasteiger partial charge in [0.15, 0.2) is 11.6 Å². The first-order chi connectivity index (χ1) is 34.1. The van der Waals surface area contributed by atoms with Crippen molar-refractivity contribution < 1.29 is 9.59 Å². The summed E-state index contributed by atoms with van der Waals surface area (Å²) in [6, 6.07) is 28.8. The van der Waals surface area contributed by atoms with Gasteiger partial charge in [0.1, 0.15) is 22.7 Å². The number of carbonyl (C=O) groups excluding carboxylic acids is 2. The van der Waals surface area contributed by atoms with Crippen molar-refractivity contribution in [3.8, 4) is 0 Å². The second kappa shape index (κ2) is 23.1. The monoisotopic (exact) mass is 943 g/mol. The van der Waals surface area contributed by atoms with Gasteiger partial charge in [-0.1, -0.05) is 114 Å². The molecule has 0 radical (unpaired) electrons. The molecule has 14 heteroatoms. The molecule has 0 saturated heterocycles. The highest BCUT2D eigenvalue weighted by Gasteiger charge is 2.25. The number of benzene rings is 4. The average Bonchev–Trinajstić information content (AvgIpc) is 3.92.